The second kappa shape index (κ2) is 3.00. The summed E-state index contributed by atoms with van der Waals surface area (Å²) in [5.74, 6) is 0. The zero-order valence-corrected chi connectivity index (χ0v) is 9.51. The zero-order valence-electron chi connectivity index (χ0n) is 7.92. The summed E-state index contributed by atoms with van der Waals surface area (Å²) >= 11 is 3.48. The van der Waals surface area contributed by atoms with E-state index in [-0.39, 0.29) is 0 Å². The Kier molecular flexibility index (Phi) is 1.76. The lowest BCUT2D eigenvalue weighted by Crippen LogP contribution is -1.81. The highest BCUT2D eigenvalue weighted by atomic mass is 79.9. The van der Waals surface area contributed by atoms with Crippen molar-refractivity contribution in [1.29, 1.82) is 0 Å². The number of H-pyrrole nitrogens is 1. The Bertz CT molecular complexity index is 599. The van der Waals surface area contributed by atoms with Crippen molar-refractivity contribution in [1.82, 2.24) is 4.98 Å². The summed E-state index contributed by atoms with van der Waals surface area (Å²) in [5, 5.41) is 2.37. The number of benzene rings is 2. The van der Waals surface area contributed by atoms with E-state index in [4.69, 9.17) is 5.73 Å². The van der Waals surface area contributed by atoms with Crippen LogP contribution in [0.5, 0.6) is 0 Å². The van der Waals surface area contributed by atoms with Gasteiger partial charge in [0.25, 0.3) is 0 Å². The van der Waals surface area contributed by atoms with Crippen molar-refractivity contribution in [2.75, 3.05) is 5.73 Å². The fourth-order valence-corrected chi connectivity index (χ4v) is 2.25. The summed E-state index contributed by atoms with van der Waals surface area (Å²) in [4.78, 5) is 3.36. The number of anilines is 1. The number of hydrogen-bond acceptors (Lipinski definition) is 1. The second-order valence-electron chi connectivity index (χ2n) is 3.62. The predicted molar refractivity (Wildman–Crippen MR) is 67.9 cm³/mol. The van der Waals surface area contributed by atoms with Gasteiger partial charge in [-0.05, 0) is 36.4 Å². The number of hydrogen-bond donors (Lipinski definition) is 2. The van der Waals surface area contributed by atoms with Gasteiger partial charge in [-0.15, -0.1) is 0 Å². The molecule has 0 saturated heterocycles. The van der Waals surface area contributed by atoms with E-state index >= 15 is 0 Å². The largest absolute Gasteiger partial charge is 0.399 e. The van der Waals surface area contributed by atoms with Crippen LogP contribution in [-0.2, 0) is 0 Å². The highest BCUT2D eigenvalue weighted by molar-refractivity contribution is 9.10. The molecule has 0 aliphatic heterocycles. The fraction of sp³-hybridized carbons (Fsp3) is 0. The SMILES string of the molecule is Nc1ccc2[nH]c3ccc(Br)cc3c2c1. The number of nitrogens with one attached hydrogen (secondary N) is 1. The van der Waals surface area contributed by atoms with Crippen LogP contribution in [0.15, 0.2) is 40.9 Å². The molecule has 3 N–H and O–H groups in total. The van der Waals surface area contributed by atoms with Gasteiger partial charge in [-0.3, -0.25) is 0 Å². The van der Waals surface area contributed by atoms with Gasteiger partial charge in [0.15, 0.2) is 0 Å². The minimum absolute atomic E-state index is 0.795. The molecule has 15 heavy (non-hydrogen) atoms. The van der Waals surface area contributed by atoms with Gasteiger partial charge >= 0.3 is 0 Å². The van der Waals surface area contributed by atoms with Crippen LogP contribution < -0.4 is 5.73 Å². The van der Waals surface area contributed by atoms with E-state index in [0.717, 1.165) is 21.2 Å². The molecule has 0 aliphatic rings. The average Bonchev–Trinajstić information content (AvgIpc) is 2.56. The molecule has 3 rings (SSSR count). The first-order valence-corrected chi connectivity index (χ1v) is 5.50. The summed E-state index contributed by atoms with van der Waals surface area (Å²) in [5.41, 5.74) is 8.84. The first-order chi connectivity index (χ1) is 7.24. The van der Waals surface area contributed by atoms with Gasteiger partial charge in [0.1, 0.15) is 0 Å². The van der Waals surface area contributed by atoms with Crippen LogP contribution in [0.2, 0.25) is 0 Å². The molecule has 0 amide bonds. The molecule has 0 spiro atoms. The van der Waals surface area contributed by atoms with Crippen LogP contribution in [0.25, 0.3) is 21.8 Å². The third-order valence-electron chi connectivity index (χ3n) is 2.58. The minimum Gasteiger partial charge on any atom is -0.399 e. The number of aromatic amines is 1. The first-order valence-electron chi connectivity index (χ1n) is 4.70. The van der Waals surface area contributed by atoms with E-state index in [1.54, 1.807) is 0 Å². The Balaban J connectivity index is 2.55. The molecule has 0 radical (unpaired) electrons. The maximum absolute atomic E-state index is 5.79. The third kappa shape index (κ3) is 1.31. The van der Waals surface area contributed by atoms with Crippen LogP contribution in [0.3, 0.4) is 0 Å². The van der Waals surface area contributed by atoms with Crippen molar-refractivity contribution in [2.45, 2.75) is 0 Å². The van der Waals surface area contributed by atoms with Crippen LogP contribution >= 0.6 is 15.9 Å². The number of fused-ring (bicyclic) bond motifs is 3. The molecule has 3 aromatic rings. The summed E-state index contributed by atoms with van der Waals surface area (Å²) < 4.78 is 1.08. The normalized spacial score (nSPS) is 11.3. The van der Waals surface area contributed by atoms with Gasteiger partial charge < -0.3 is 10.7 Å². The van der Waals surface area contributed by atoms with E-state index < -0.39 is 0 Å². The van der Waals surface area contributed by atoms with Crippen molar-refractivity contribution < 1.29 is 0 Å². The molecule has 0 saturated carbocycles. The Morgan fingerprint density at radius 2 is 1.60 bits per heavy atom. The monoisotopic (exact) mass is 260 g/mol. The van der Waals surface area contributed by atoms with E-state index in [2.05, 4.69) is 33.0 Å². The van der Waals surface area contributed by atoms with Gasteiger partial charge in [0, 0.05) is 32.0 Å². The first kappa shape index (κ1) is 8.80. The van der Waals surface area contributed by atoms with E-state index in [1.165, 1.54) is 10.8 Å². The Morgan fingerprint density at radius 3 is 2.40 bits per heavy atom. The molecule has 1 heterocycles. The highest BCUT2D eigenvalue weighted by Gasteiger charge is 2.04. The van der Waals surface area contributed by atoms with Gasteiger partial charge in [-0.25, -0.2) is 0 Å². The summed E-state index contributed by atoms with van der Waals surface area (Å²) in [6.45, 7) is 0. The molecule has 0 unspecified atom stereocenters. The van der Waals surface area contributed by atoms with Crippen LogP contribution in [0.4, 0.5) is 5.69 Å². The number of nitrogens with two attached hydrogens (primary N) is 1. The van der Waals surface area contributed by atoms with Gasteiger partial charge in [0.05, 0.1) is 0 Å². The lowest BCUT2D eigenvalue weighted by atomic mass is 10.1. The molecule has 2 nitrogen and oxygen atoms in total. The van der Waals surface area contributed by atoms with Crippen LogP contribution in [0, 0.1) is 0 Å². The molecule has 2 aromatic carbocycles. The second-order valence-corrected chi connectivity index (χ2v) is 4.54. The molecule has 74 valence electrons. The van der Waals surface area contributed by atoms with E-state index in [9.17, 15) is 0 Å². The number of aromatic nitrogens is 1. The molecule has 0 aliphatic carbocycles. The molecular formula is C12H9BrN2. The summed E-state index contributed by atoms with van der Waals surface area (Å²) in [6, 6.07) is 12.1. The highest BCUT2D eigenvalue weighted by Crippen LogP contribution is 2.29. The predicted octanol–water partition coefficient (Wildman–Crippen LogP) is 3.67. The van der Waals surface area contributed by atoms with Gasteiger partial charge in [-0.2, -0.15) is 0 Å². The van der Waals surface area contributed by atoms with Gasteiger partial charge in [0.2, 0.25) is 0 Å². The van der Waals surface area contributed by atoms with Crippen LogP contribution in [0.1, 0.15) is 0 Å². The number of halogens is 1. The lowest BCUT2D eigenvalue weighted by molar-refractivity contribution is 1.54. The quantitative estimate of drug-likeness (QED) is 0.596. The Hall–Kier alpha value is -1.48. The summed E-state index contributed by atoms with van der Waals surface area (Å²) in [6.07, 6.45) is 0. The Labute approximate surface area is 95.2 Å². The van der Waals surface area contributed by atoms with E-state index in [1.807, 2.05) is 24.3 Å². The fourth-order valence-electron chi connectivity index (χ4n) is 1.89. The Morgan fingerprint density at radius 1 is 0.933 bits per heavy atom. The molecular weight excluding hydrogens is 252 g/mol. The molecule has 0 atom stereocenters. The molecule has 1 aromatic heterocycles. The molecule has 0 bridgehead atoms. The standard InChI is InChI=1S/C12H9BrN2/c13-7-1-3-11-9(5-7)10-6-8(14)2-4-12(10)15-11/h1-6,15H,14H2. The minimum atomic E-state index is 0.795. The van der Waals surface area contributed by atoms with Crippen molar-refractivity contribution in [3.8, 4) is 0 Å². The molecule has 0 fully saturated rings. The van der Waals surface area contributed by atoms with Gasteiger partial charge in [-0.1, -0.05) is 15.9 Å². The molecule has 3 heteroatoms. The maximum atomic E-state index is 5.79. The third-order valence-corrected chi connectivity index (χ3v) is 3.08. The van der Waals surface area contributed by atoms with Crippen molar-refractivity contribution in [3.05, 3.63) is 40.9 Å². The van der Waals surface area contributed by atoms with Crippen molar-refractivity contribution in [3.63, 3.8) is 0 Å². The smallest absolute Gasteiger partial charge is 0.0466 e. The average molecular weight is 261 g/mol. The summed E-state index contributed by atoms with van der Waals surface area (Å²) in [7, 11) is 0. The van der Waals surface area contributed by atoms with Crippen molar-refractivity contribution in [2.24, 2.45) is 0 Å². The van der Waals surface area contributed by atoms with E-state index in [0.29, 0.717) is 0 Å². The van der Waals surface area contributed by atoms with Crippen LogP contribution in [-0.4, -0.2) is 4.98 Å². The lowest BCUT2D eigenvalue weighted by Gasteiger charge is -1.94. The zero-order chi connectivity index (χ0) is 10.4. The maximum Gasteiger partial charge on any atom is 0.0466 e. The number of nitrogen functional groups attached to an aromatic ring is 1. The topological polar surface area (TPSA) is 41.8 Å². The number of rotatable bonds is 0. The van der Waals surface area contributed by atoms with Crippen molar-refractivity contribution >= 4 is 43.4 Å².